The van der Waals surface area contributed by atoms with Crippen LogP contribution in [0.3, 0.4) is 0 Å². The van der Waals surface area contributed by atoms with Gasteiger partial charge >= 0.3 is 5.97 Å². The zero-order valence-electron chi connectivity index (χ0n) is 24.3. The molecule has 0 radical (unpaired) electrons. The Morgan fingerprint density at radius 1 is 0.860 bits per heavy atom. The average Bonchev–Trinajstić information content (AvgIpc) is 3.28. The minimum atomic E-state index is -1.22. The Morgan fingerprint density at radius 2 is 1.44 bits per heavy atom. The highest BCUT2D eigenvalue weighted by Crippen LogP contribution is 2.43. The fourth-order valence-electron chi connectivity index (χ4n) is 5.44. The number of carbonyl (C=O) groups is 2. The Labute approximate surface area is 249 Å². The number of carboxylic acid groups (broad SMARTS) is 1. The first kappa shape index (κ1) is 31.6. The SMILES string of the molecule is Cc1cccc(NC(=O)c2c(-c3ccc(F)cc3)c(-c3ccc(F)cc3)c(CC[C@@H](O)C[C@@H](O)CC(=O)O)n2C(C)C)c1. The third-order valence-corrected chi connectivity index (χ3v) is 7.25. The number of nitrogens with zero attached hydrogens (tertiary/aromatic N) is 1. The molecule has 1 aromatic heterocycles. The van der Waals surface area contributed by atoms with Gasteiger partial charge in [0.05, 0.1) is 18.6 Å². The number of carbonyl (C=O) groups excluding carboxylic acids is 1. The van der Waals surface area contributed by atoms with E-state index >= 15 is 0 Å². The first-order valence-electron chi connectivity index (χ1n) is 14.2. The molecular weight excluding hydrogens is 554 g/mol. The molecule has 2 atom stereocenters. The number of hydrogen-bond donors (Lipinski definition) is 4. The Hall–Kier alpha value is -4.34. The zero-order valence-corrected chi connectivity index (χ0v) is 24.3. The van der Waals surface area contributed by atoms with E-state index in [1.165, 1.54) is 24.3 Å². The largest absolute Gasteiger partial charge is 0.481 e. The molecule has 1 amide bonds. The highest BCUT2D eigenvalue weighted by Gasteiger charge is 2.30. The topological polar surface area (TPSA) is 112 Å². The van der Waals surface area contributed by atoms with Gasteiger partial charge in [0, 0.05) is 28.6 Å². The van der Waals surface area contributed by atoms with E-state index in [0.717, 1.165) is 5.56 Å². The van der Waals surface area contributed by atoms with Crippen LogP contribution < -0.4 is 5.32 Å². The lowest BCUT2D eigenvalue weighted by Crippen LogP contribution is -2.22. The molecule has 0 unspecified atom stereocenters. The van der Waals surface area contributed by atoms with Gasteiger partial charge in [0.1, 0.15) is 17.3 Å². The predicted molar refractivity (Wildman–Crippen MR) is 162 cm³/mol. The number of aliphatic hydroxyl groups excluding tert-OH is 2. The maximum absolute atomic E-state index is 14.1. The molecule has 4 rings (SSSR count). The van der Waals surface area contributed by atoms with Gasteiger partial charge in [-0.3, -0.25) is 9.59 Å². The van der Waals surface area contributed by atoms with Crippen LogP contribution in [0.25, 0.3) is 22.3 Å². The highest BCUT2D eigenvalue weighted by atomic mass is 19.1. The molecule has 9 heteroatoms. The number of aromatic nitrogens is 1. The number of nitrogens with one attached hydrogen (secondary N) is 1. The number of aryl methyl sites for hydroxylation is 1. The average molecular weight is 591 g/mol. The lowest BCUT2D eigenvalue weighted by atomic mass is 9.92. The molecule has 1 heterocycles. The number of rotatable bonds is 12. The molecule has 0 saturated carbocycles. The third-order valence-electron chi connectivity index (χ3n) is 7.25. The number of anilines is 1. The van der Waals surface area contributed by atoms with Gasteiger partial charge in [-0.25, -0.2) is 8.78 Å². The zero-order chi connectivity index (χ0) is 31.3. The first-order valence-corrected chi connectivity index (χ1v) is 14.2. The van der Waals surface area contributed by atoms with Crippen molar-refractivity contribution in [3.63, 3.8) is 0 Å². The van der Waals surface area contributed by atoms with Gasteiger partial charge in [-0.2, -0.15) is 0 Å². The number of halogens is 2. The number of benzene rings is 3. The van der Waals surface area contributed by atoms with Crippen LogP contribution >= 0.6 is 0 Å². The van der Waals surface area contributed by atoms with Crippen molar-refractivity contribution in [1.29, 1.82) is 0 Å². The van der Waals surface area contributed by atoms with Gasteiger partial charge < -0.3 is 25.2 Å². The maximum Gasteiger partial charge on any atom is 0.305 e. The Morgan fingerprint density at radius 3 is 1.98 bits per heavy atom. The van der Waals surface area contributed by atoms with Crippen LogP contribution in [0.1, 0.15) is 60.9 Å². The summed E-state index contributed by atoms with van der Waals surface area (Å²) in [5.74, 6) is -2.44. The van der Waals surface area contributed by atoms with Gasteiger partial charge in [0.25, 0.3) is 5.91 Å². The number of carboxylic acids is 1. The summed E-state index contributed by atoms with van der Waals surface area (Å²) in [5.41, 5.74) is 4.92. The molecule has 4 N–H and O–H groups in total. The summed E-state index contributed by atoms with van der Waals surface area (Å²) in [6.45, 7) is 5.76. The maximum atomic E-state index is 14.1. The van der Waals surface area contributed by atoms with E-state index in [1.807, 2.05) is 43.5 Å². The lowest BCUT2D eigenvalue weighted by molar-refractivity contribution is -0.139. The van der Waals surface area contributed by atoms with Crippen LogP contribution in [0.5, 0.6) is 0 Å². The smallest absolute Gasteiger partial charge is 0.305 e. The van der Waals surface area contributed by atoms with Crippen LogP contribution in [0, 0.1) is 18.6 Å². The summed E-state index contributed by atoms with van der Waals surface area (Å²) in [7, 11) is 0. The van der Waals surface area contributed by atoms with Gasteiger partial charge in [-0.1, -0.05) is 36.4 Å². The van der Waals surface area contributed by atoms with E-state index < -0.39 is 42.1 Å². The van der Waals surface area contributed by atoms with Crippen LogP contribution in [0.2, 0.25) is 0 Å². The second kappa shape index (κ2) is 13.8. The van der Waals surface area contributed by atoms with Crippen molar-refractivity contribution in [3.8, 4) is 22.3 Å². The van der Waals surface area contributed by atoms with Gasteiger partial charge in [0.15, 0.2) is 0 Å². The number of hydrogen-bond acceptors (Lipinski definition) is 4. The van der Waals surface area contributed by atoms with Crippen molar-refractivity contribution in [1.82, 2.24) is 4.57 Å². The molecule has 0 spiro atoms. The van der Waals surface area contributed by atoms with Crippen molar-refractivity contribution in [2.45, 2.75) is 64.7 Å². The number of amides is 1. The van der Waals surface area contributed by atoms with E-state index in [4.69, 9.17) is 5.11 Å². The van der Waals surface area contributed by atoms with E-state index in [-0.39, 0.29) is 25.3 Å². The first-order chi connectivity index (χ1) is 20.4. The predicted octanol–water partition coefficient (Wildman–Crippen LogP) is 6.76. The fourth-order valence-corrected chi connectivity index (χ4v) is 5.44. The van der Waals surface area contributed by atoms with E-state index in [9.17, 15) is 28.6 Å². The summed E-state index contributed by atoms with van der Waals surface area (Å²) >= 11 is 0. The standard InChI is InChI=1S/C34H36F2N2O5/c1-20(2)38-29(16-15-27(39)18-28(40)19-30(41)42)31(22-7-11-24(35)12-8-22)32(23-9-13-25(36)14-10-23)33(38)34(43)37-26-6-4-5-21(3)17-26/h4-14,17,20,27-28,39-40H,15-16,18-19H2,1-3H3,(H,37,43)(H,41,42)/t27-,28-/m1/s1. The van der Waals surface area contributed by atoms with Gasteiger partial charge in [-0.05, 0) is 93.1 Å². The van der Waals surface area contributed by atoms with Gasteiger partial charge in [-0.15, -0.1) is 0 Å². The fraction of sp³-hybridized carbons (Fsp3) is 0.294. The minimum Gasteiger partial charge on any atom is -0.481 e. The Kier molecular flexibility index (Phi) is 10.1. The number of aliphatic hydroxyl groups is 2. The minimum absolute atomic E-state index is 0.133. The molecule has 43 heavy (non-hydrogen) atoms. The third kappa shape index (κ3) is 7.74. The molecule has 7 nitrogen and oxygen atoms in total. The van der Waals surface area contributed by atoms with E-state index in [2.05, 4.69) is 5.32 Å². The summed E-state index contributed by atoms with van der Waals surface area (Å²) in [4.78, 5) is 25.1. The molecule has 0 aliphatic rings. The van der Waals surface area contributed by atoms with Crippen LogP contribution in [0.15, 0.2) is 72.8 Å². The summed E-state index contributed by atoms with van der Waals surface area (Å²) in [6.07, 6.45) is -2.46. The van der Waals surface area contributed by atoms with Gasteiger partial charge in [0.2, 0.25) is 0 Å². The van der Waals surface area contributed by atoms with E-state index in [1.54, 1.807) is 30.3 Å². The van der Waals surface area contributed by atoms with Crippen molar-refractivity contribution in [2.24, 2.45) is 0 Å². The molecule has 3 aromatic carbocycles. The highest BCUT2D eigenvalue weighted by molar-refractivity contribution is 6.11. The molecule has 0 saturated heterocycles. The normalized spacial score (nSPS) is 12.7. The Bertz CT molecular complexity index is 1580. The molecule has 0 bridgehead atoms. The quantitative estimate of drug-likeness (QED) is 0.146. The van der Waals surface area contributed by atoms with Crippen LogP contribution in [-0.2, 0) is 11.2 Å². The van der Waals surface area contributed by atoms with Crippen molar-refractivity contribution < 1.29 is 33.7 Å². The molecule has 0 aliphatic heterocycles. The second-order valence-electron chi connectivity index (χ2n) is 11.0. The molecule has 0 fully saturated rings. The van der Waals surface area contributed by atoms with Crippen molar-refractivity contribution in [3.05, 3.63) is 101 Å². The molecular formula is C34H36F2N2O5. The summed E-state index contributed by atoms with van der Waals surface area (Å²) < 4.78 is 30.0. The Balaban J connectivity index is 1.92. The molecule has 0 aliphatic carbocycles. The molecule has 4 aromatic rings. The lowest BCUT2D eigenvalue weighted by Gasteiger charge is -2.20. The van der Waals surface area contributed by atoms with Crippen molar-refractivity contribution >= 4 is 17.6 Å². The van der Waals surface area contributed by atoms with Crippen molar-refractivity contribution in [2.75, 3.05) is 5.32 Å². The second-order valence-corrected chi connectivity index (χ2v) is 11.0. The summed E-state index contributed by atoms with van der Waals surface area (Å²) in [5, 5.41) is 32.8. The van der Waals surface area contributed by atoms with E-state index in [0.29, 0.717) is 39.3 Å². The summed E-state index contributed by atoms with van der Waals surface area (Å²) in [6, 6.07) is 18.8. The molecule has 226 valence electrons. The van der Waals surface area contributed by atoms with Crippen LogP contribution in [0.4, 0.5) is 14.5 Å². The monoisotopic (exact) mass is 590 g/mol. The van der Waals surface area contributed by atoms with Crippen LogP contribution in [-0.4, -0.2) is 44.0 Å². The number of aliphatic carboxylic acids is 1.